The van der Waals surface area contributed by atoms with Gasteiger partial charge in [0.15, 0.2) is 0 Å². The number of thiophene rings is 1. The van der Waals surface area contributed by atoms with Crippen LogP contribution >= 0.6 is 11.3 Å². The number of hydrogen-bond donors (Lipinski definition) is 0. The van der Waals surface area contributed by atoms with Crippen molar-refractivity contribution in [3.05, 3.63) is 52.2 Å². The Balaban J connectivity index is 1.95. The van der Waals surface area contributed by atoms with Crippen molar-refractivity contribution in [2.45, 2.75) is 18.8 Å². The fraction of sp³-hybridized carbons (Fsp3) is 0.286. The molecule has 82 valence electrons. The number of benzene rings is 1. The Morgan fingerprint density at radius 3 is 2.94 bits per heavy atom. The van der Waals surface area contributed by atoms with Crippen molar-refractivity contribution in [1.29, 1.82) is 0 Å². The third-order valence-corrected chi connectivity index (χ3v) is 4.10. The molecular formula is C14H14OS. The molecule has 1 atom stereocenters. The predicted molar refractivity (Wildman–Crippen MR) is 67.3 cm³/mol. The molecule has 0 saturated carbocycles. The Labute approximate surface area is 99.7 Å². The Bertz CT molecular complexity index is 489. The van der Waals surface area contributed by atoms with Gasteiger partial charge < -0.3 is 4.74 Å². The molecule has 0 fully saturated rings. The van der Waals surface area contributed by atoms with Crippen molar-refractivity contribution in [3.63, 3.8) is 0 Å². The maximum absolute atomic E-state index is 5.77. The molecule has 0 saturated heterocycles. The zero-order valence-electron chi connectivity index (χ0n) is 9.27. The first-order chi connectivity index (χ1) is 7.78. The molecular weight excluding hydrogens is 216 g/mol. The van der Waals surface area contributed by atoms with E-state index >= 15 is 0 Å². The molecule has 2 heterocycles. The third kappa shape index (κ3) is 1.54. The summed E-state index contributed by atoms with van der Waals surface area (Å²) < 4.78 is 5.77. The highest BCUT2D eigenvalue weighted by molar-refractivity contribution is 7.09. The van der Waals surface area contributed by atoms with Crippen molar-refractivity contribution in [1.82, 2.24) is 0 Å². The van der Waals surface area contributed by atoms with E-state index in [0.717, 1.165) is 18.8 Å². The predicted octanol–water partition coefficient (Wildman–Crippen LogP) is 3.64. The lowest BCUT2D eigenvalue weighted by atomic mass is 9.81. The van der Waals surface area contributed by atoms with E-state index in [-0.39, 0.29) is 5.41 Å². The molecule has 1 aromatic carbocycles. The zero-order chi connectivity index (χ0) is 11.0. The molecule has 1 aliphatic heterocycles. The van der Waals surface area contributed by atoms with Gasteiger partial charge in [0.25, 0.3) is 0 Å². The van der Waals surface area contributed by atoms with E-state index in [1.807, 2.05) is 17.4 Å². The molecule has 0 aliphatic carbocycles. The Hall–Kier alpha value is -1.28. The van der Waals surface area contributed by atoms with E-state index in [2.05, 4.69) is 42.6 Å². The lowest BCUT2D eigenvalue weighted by molar-refractivity contribution is 0.277. The fourth-order valence-corrected chi connectivity index (χ4v) is 3.24. The molecule has 0 unspecified atom stereocenters. The monoisotopic (exact) mass is 230 g/mol. The van der Waals surface area contributed by atoms with Crippen LogP contribution in [-0.2, 0) is 11.8 Å². The SMILES string of the molecule is C[C@@]1(Cc2cccs2)COc2ccccc21. The molecule has 16 heavy (non-hydrogen) atoms. The second-order valence-corrected chi connectivity index (χ2v) is 5.63. The standard InChI is InChI=1S/C14H14OS/c1-14(9-11-5-4-8-16-11)10-15-13-7-3-2-6-12(13)14/h2-8H,9-10H2,1H3/t14-/m1/s1. The molecule has 0 N–H and O–H groups in total. The van der Waals surface area contributed by atoms with Gasteiger partial charge in [0.05, 0.1) is 6.61 Å². The largest absolute Gasteiger partial charge is 0.492 e. The molecule has 0 bridgehead atoms. The Morgan fingerprint density at radius 1 is 1.25 bits per heavy atom. The highest BCUT2D eigenvalue weighted by atomic mass is 32.1. The number of hydrogen-bond acceptors (Lipinski definition) is 2. The normalized spacial score (nSPS) is 22.8. The van der Waals surface area contributed by atoms with E-state index < -0.39 is 0 Å². The van der Waals surface area contributed by atoms with Gasteiger partial charge in [-0.25, -0.2) is 0 Å². The van der Waals surface area contributed by atoms with Gasteiger partial charge in [-0.05, 0) is 23.9 Å². The first-order valence-electron chi connectivity index (χ1n) is 5.53. The minimum absolute atomic E-state index is 0.140. The molecule has 3 rings (SSSR count). The minimum Gasteiger partial charge on any atom is -0.492 e. The quantitative estimate of drug-likeness (QED) is 0.765. The molecule has 0 amide bonds. The molecule has 1 nitrogen and oxygen atoms in total. The zero-order valence-corrected chi connectivity index (χ0v) is 10.1. The molecule has 1 aromatic heterocycles. The summed E-state index contributed by atoms with van der Waals surface area (Å²) in [6, 6.07) is 12.7. The Morgan fingerprint density at radius 2 is 2.12 bits per heavy atom. The van der Waals surface area contributed by atoms with Gasteiger partial charge in [0.2, 0.25) is 0 Å². The van der Waals surface area contributed by atoms with Crippen LogP contribution in [0, 0.1) is 0 Å². The van der Waals surface area contributed by atoms with Crippen LogP contribution in [0.3, 0.4) is 0 Å². The van der Waals surface area contributed by atoms with Crippen LogP contribution in [0.15, 0.2) is 41.8 Å². The van der Waals surface area contributed by atoms with Crippen LogP contribution in [0.4, 0.5) is 0 Å². The summed E-state index contributed by atoms with van der Waals surface area (Å²) >= 11 is 1.83. The number of para-hydroxylation sites is 1. The van der Waals surface area contributed by atoms with Crippen molar-refractivity contribution >= 4 is 11.3 Å². The van der Waals surface area contributed by atoms with Crippen LogP contribution in [0.1, 0.15) is 17.4 Å². The van der Waals surface area contributed by atoms with Crippen LogP contribution in [0.2, 0.25) is 0 Å². The second-order valence-electron chi connectivity index (χ2n) is 4.60. The van der Waals surface area contributed by atoms with Crippen molar-refractivity contribution in [2.24, 2.45) is 0 Å². The lowest BCUT2D eigenvalue weighted by Gasteiger charge is -2.21. The number of rotatable bonds is 2. The number of fused-ring (bicyclic) bond motifs is 1. The van der Waals surface area contributed by atoms with Crippen LogP contribution in [-0.4, -0.2) is 6.61 Å². The minimum atomic E-state index is 0.140. The van der Waals surface area contributed by atoms with Gasteiger partial charge in [0.1, 0.15) is 5.75 Å². The molecule has 2 heteroatoms. The lowest BCUT2D eigenvalue weighted by Crippen LogP contribution is -2.26. The van der Waals surface area contributed by atoms with Gasteiger partial charge in [-0.1, -0.05) is 31.2 Å². The molecule has 2 aromatic rings. The van der Waals surface area contributed by atoms with Gasteiger partial charge in [-0.3, -0.25) is 0 Å². The van der Waals surface area contributed by atoms with Crippen LogP contribution in [0.25, 0.3) is 0 Å². The molecule has 1 aliphatic rings. The van der Waals surface area contributed by atoms with E-state index in [0.29, 0.717) is 0 Å². The maximum atomic E-state index is 5.77. The third-order valence-electron chi connectivity index (χ3n) is 3.23. The Kier molecular flexibility index (Phi) is 2.25. The average Bonchev–Trinajstić information content (AvgIpc) is 2.89. The summed E-state index contributed by atoms with van der Waals surface area (Å²) in [4.78, 5) is 1.43. The summed E-state index contributed by atoms with van der Waals surface area (Å²) in [6.45, 7) is 3.09. The molecule has 0 radical (unpaired) electrons. The van der Waals surface area contributed by atoms with Gasteiger partial charge >= 0.3 is 0 Å². The summed E-state index contributed by atoms with van der Waals surface area (Å²) in [5.41, 5.74) is 1.49. The van der Waals surface area contributed by atoms with E-state index in [1.54, 1.807) is 0 Å². The highest BCUT2D eigenvalue weighted by Gasteiger charge is 2.36. The van der Waals surface area contributed by atoms with Crippen molar-refractivity contribution in [3.8, 4) is 5.75 Å². The first-order valence-corrected chi connectivity index (χ1v) is 6.41. The number of ether oxygens (including phenoxy) is 1. The maximum Gasteiger partial charge on any atom is 0.123 e. The smallest absolute Gasteiger partial charge is 0.123 e. The highest BCUT2D eigenvalue weighted by Crippen LogP contribution is 2.41. The van der Waals surface area contributed by atoms with E-state index in [9.17, 15) is 0 Å². The molecule has 0 spiro atoms. The van der Waals surface area contributed by atoms with Crippen LogP contribution in [0.5, 0.6) is 5.75 Å². The van der Waals surface area contributed by atoms with Crippen molar-refractivity contribution < 1.29 is 4.74 Å². The fourth-order valence-electron chi connectivity index (χ4n) is 2.35. The summed E-state index contributed by atoms with van der Waals surface area (Å²) in [6.07, 6.45) is 1.07. The summed E-state index contributed by atoms with van der Waals surface area (Å²) in [5, 5.41) is 2.14. The van der Waals surface area contributed by atoms with E-state index in [4.69, 9.17) is 4.74 Å². The van der Waals surface area contributed by atoms with Gasteiger partial charge in [-0.15, -0.1) is 11.3 Å². The van der Waals surface area contributed by atoms with E-state index in [1.165, 1.54) is 10.4 Å². The average molecular weight is 230 g/mol. The first kappa shape index (κ1) is 9.91. The topological polar surface area (TPSA) is 9.23 Å². The van der Waals surface area contributed by atoms with Gasteiger partial charge in [0, 0.05) is 15.9 Å². The van der Waals surface area contributed by atoms with Gasteiger partial charge in [-0.2, -0.15) is 0 Å². The summed E-state index contributed by atoms with van der Waals surface area (Å²) in [5.74, 6) is 1.06. The second kappa shape index (κ2) is 3.63. The summed E-state index contributed by atoms with van der Waals surface area (Å²) in [7, 11) is 0. The van der Waals surface area contributed by atoms with Crippen molar-refractivity contribution in [2.75, 3.05) is 6.61 Å². The van der Waals surface area contributed by atoms with Crippen LogP contribution < -0.4 is 4.74 Å².